The maximum absolute atomic E-state index is 13.0. The van der Waals surface area contributed by atoms with Crippen LogP contribution in [0.25, 0.3) is 0 Å². The Balaban J connectivity index is 1.51. The van der Waals surface area contributed by atoms with Crippen molar-refractivity contribution in [3.05, 3.63) is 83.7 Å². The lowest BCUT2D eigenvalue weighted by Gasteiger charge is -2.29. The van der Waals surface area contributed by atoms with Crippen LogP contribution in [0.3, 0.4) is 0 Å². The Morgan fingerprint density at radius 1 is 1.00 bits per heavy atom. The number of furan rings is 2. The van der Waals surface area contributed by atoms with Gasteiger partial charge in [0.15, 0.2) is 0 Å². The molecule has 5 nitrogen and oxygen atoms in total. The molecular weight excluding hydrogens is 328 g/mol. The third-order valence-electron chi connectivity index (χ3n) is 4.81. The molecule has 134 valence electrons. The highest BCUT2D eigenvalue weighted by Gasteiger charge is 2.24. The van der Waals surface area contributed by atoms with Gasteiger partial charge in [0, 0.05) is 0 Å². The van der Waals surface area contributed by atoms with Crippen molar-refractivity contribution >= 4 is 6.03 Å². The molecular formula is C21H22N2O3. The van der Waals surface area contributed by atoms with Crippen LogP contribution in [0.5, 0.6) is 0 Å². The molecule has 2 amide bonds. The van der Waals surface area contributed by atoms with Gasteiger partial charge in [0.05, 0.1) is 31.7 Å². The van der Waals surface area contributed by atoms with E-state index in [9.17, 15) is 4.79 Å². The minimum absolute atomic E-state index is 0.0446. The topological polar surface area (TPSA) is 58.6 Å². The van der Waals surface area contributed by atoms with Crippen LogP contribution < -0.4 is 5.32 Å². The number of fused-ring (bicyclic) bond motifs is 1. The first-order chi connectivity index (χ1) is 12.8. The second-order valence-electron chi connectivity index (χ2n) is 6.61. The molecule has 0 bridgehead atoms. The van der Waals surface area contributed by atoms with Crippen LogP contribution in [0.2, 0.25) is 0 Å². The minimum atomic E-state index is -0.112. The summed E-state index contributed by atoms with van der Waals surface area (Å²) in [4.78, 5) is 14.7. The number of nitrogens with one attached hydrogen (secondary N) is 1. The average Bonchev–Trinajstić information content (AvgIpc) is 3.35. The van der Waals surface area contributed by atoms with Gasteiger partial charge in [-0.1, -0.05) is 24.3 Å². The van der Waals surface area contributed by atoms with Crippen LogP contribution in [-0.4, -0.2) is 10.9 Å². The molecule has 0 aliphatic heterocycles. The number of carbonyl (C=O) groups is 1. The highest BCUT2D eigenvalue weighted by atomic mass is 16.3. The van der Waals surface area contributed by atoms with Gasteiger partial charge in [0.1, 0.15) is 11.5 Å². The Morgan fingerprint density at radius 3 is 2.35 bits per heavy atom. The quantitative estimate of drug-likeness (QED) is 0.728. The Bertz CT molecular complexity index is 804. The number of benzene rings is 1. The summed E-state index contributed by atoms with van der Waals surface area (Å²) in [5, 5.41) is 3.20. The first-order valence-corrected chi connectivity index (χ1v) is 8.97. The summed E-state index contributed by atoms with van der Waals surface area (Å²) in [6.45, 7) is 0.793. The molecule has 1 aliphatic carbocycles. The fraction of sp³-hybridized carbons (Fsp3) is 0.286. The monoisotopic (exact) mass is 350 g/mol. The van der Waals surface area contributed by atoms with Gasteiger partial charge in [0.2, 0.25) is 0 Å². The SMILES string of the molecule is O=C(NC1CCCc2ccccc21)N(Cc1ccco1)Cc1ccco1. The van der Waals surface area contributed by atoms with Crippen molar-refractivity contribution < 1.29 is 13.6 Å². The van der Waals surface area contributed by atoms with E-state index < -0.39 is 0 Å². The van der Waals surface area contributed by atoms with Gasteiger partial charge in [-0.25, -0.2) is 4.79 Å². The second-order valence-corrected chi connectivity index (χ2v) is 6.61. The fourth-order valence-corrected chi connectivity index (χ4v) is 3.53. The molecule has 1 aliphatic rings. The summed E-state index contributed by atoms with van der Waals surface area (Å²) in [5.74, 6) is 1.49. The lowest BCUT2D eigenvalue weighted by atomic mass is 9.88. The lowest BCUT2D eigenvalue weighted by molar-refractivity contribution is 0.177. The van der Waals surface area contributed by atoms with Crippen LogP contribution in [0.1, 0.15) is 41.5 Å². The van der Waals surface area contributed by atoms with E-state index in [-0.39, 0.29) is 12.1 Å². The van der Waals surface area contributed by atoms with E-state index in [1.807, 2.05) is 30.3 Å². The summed E-state index contributed by atoms with van der Waals surface area (Å²) in [7, 11) is 0. The number of rotatable bonds is 5. The molecule has 0 fully saturated rings. The van der Waals surface area contributed by atoms with Gasteiger partial charge in [-0.2, -0.15) is 0 Å². The number of nitrogens with zero attached hydrogens (tertiary/aromatic N) is 1. The van der Waals surface area contributed by atoms with E-state index in [1.165, 1.54) is 11.1 Å². The Kier molecular flexibility index (Phi) is 4.78. The number of hydrogen-bond donors (Lipinski definition) is 1. The zero-order chi connectivity index (χ0) is 17.8. The van der Waals surface area contributed by atoms with E-state index in [1.54, 1.807) is 17.4 Å². The van der Waals surface area contributed by atoms with Gasteiger partial charge in [-0.15, -0.1) is 0 Å². The van der Waals surface area contributed by atoms with E-state index in [0.717, 1.165) is 30.8 Å². The van der Waals surface area contributed by atoms with E-state index in [0.29, 0.717) is 13.1 Å². The molecule has 1 aromatic carbocycles. The molecule has 26 heavy (non-hydrogen) atoms. The molecule has 4 rings (SSSR count). The van der Waals surface area contributed by atoms with Crippen molar-refractivity contribution in [3.63, 3.8) is 0 Å². The van der Waals surface area contributed by atoms with E-state index >= 15 is 0 Å². The van der Waals surface area contributed by atoms with Gasteiger partial charge >= 0.3 is 6.03 Å². The fourth-order valence-electron chi connectivity index (χ4n) is 3.53. The maximum atomic E-state index is 13.0. The van der Waals surface area contributed by atoms with Crippen molar-refractivity contribution in [2.45, 2.75) is 38.4 Å². The summed E-state index contributed by atoms with van der Waals surface area (Å²) >= 11 is 0. The minimum Gasteiger partial charge on any atom is -0.467 e. The van der Waals surface area contributed by atoms with Gasteiger partial charge in [0.25, 0.3) is 0 Å². The molecule has 0 radical (unpaired) electrons. The number of urea groups is 1. The Labute approximate surface area is 152 Å². The molecule has 2 heterocycles. The van der Waals surface area contributed by atoms with Gasteiger partial charge in [-0.3, -0.25) is 0 Å². The normalized spacial score (nSPS) is 16.1. The number of amides is 2. The Morgan fingerprint density at radius 2 is 1.69 bits per heavy atom. The summed E-state index contributed by atoms with van der Waals surface area (Å²) in [6, 6.07) is 15.7. The van der Waals surface area contributed by atoms with Crippen LogP contribution in [0, 0.1) is 0 Å². The highest BCUT2D eigenvalue weighted by molar-refractivity contribution is 5.74. The molecule has 3 aromatic rings. The molecule has 0 saturated carbocycles. The standard InChI is InChI=1S/C21H22N2O3/c24-21(22-20-11-3-7-16-6-1-2-10-19(16)20)23(14-17-8-4-12-25-17)15-18-9-5-13-26-18/h1-2,4-6,8-10,12-13,20H,3,7,11,14-15H2,(H,22,24). The van der Waals surface area contributed by atoms with Crippen molar-refractivity contribution in [1.29, 1.82) is 0 Å². The maximum Gasteiger partial charge on any atom is 0.318 e. The summed E-state index contributed by atoms with van der Waals surface area (Å²) in [6.07, 6.45) is 6.35. The molecule has 2 aromatic heterocycles. The van der Waals surface area contributed by atoms with Crippen molar-refractivity contribution in [3.8, 4) is 0 Å². The summed E-state index contributed by atoms with van der Waals surface area (Å²) in [5.41, 5.74) is 2.55. The zero-order valence-electron chi connectivity index (χ0n) is 14.6. The van der Waals surface area contributed by atoms with Crippen molar-refractivity contribution in [2.75, 3.05) is 0 Å². The molecule has 1 unspecified atom stereocenters. The number of carbonyl (C=O) groups excluding carboxylic acids is 1. The van der Waals surface area contributed by atoms with Crippen LogP contribution in [-0.2, 0) is 19.5 Å². The number of aryl methyl sites for hydroxylation is 1. The first-order valence-electron chi connectivity index (χ1n) is 8.97. The van der Waals surface area contributed by atoms with Crippen LogP contribution >= 0.6 is 0 Å². The highest BCUT2D eigenvalue weighted by Crippen LogP contribution is 2.29. The third kappa shape index (κ3) is 3.67. The van der Waals surface area contributed by atoms with Crippen LogP contribution in [0.15, 0.2) is 69.9 Å². The smallest absolute Gasteiger partial charge is 0.318 e. The number of hydrogen-bond acceptors (Lipinski definition) is 3. The predicted octanol–water partition coefficient (Wildman–Crippen LogP) is 4.66. The molecule has 0 spiro atoms. The van der Waals surface area contributed by atoms with Crippen molar-refractivity contribution in [1.82, 2.24) is 10.2 Å². The largest absolute Gasteiger partial charge is 0.467 e. The third-order valence-corrected chi connectivity index (χ3v) is 4.81. The summed E-state index contributed by atoms with van der Waals surface area (Å²) < 4.78 is 10.9. The van der Waals surface area contributed by atoms with E-state index in [4.69, 9.17) is 8.83 Å². The zero-order valence-corrected chi connectivity index (χ0v) is 14.6. The van der Waals surface area contributed by atoms with Gasteiger partial charge < -0.3 is 19.1 Å². The average molecular weight is 350 g/mol. The molecule has 5 heteroatoms. The molecule has 1 atom stereocenters. The predicted molar refractivity (Wildman–Crippen MR) is 97.3 cm³/mol. The van der Waals surface area contributed by atoms with Gasteiger partial charge in [-0.05, 0) is 54.7 Å². The second kappa shape index (κ2) is 7.52. The van der Waals surface area contributed by atoms with E-state index in [2.05, 4.69) is 23.5 Å². The van der Waals surface area contributed by atoms with Crippen LogP contribution in [0.4, 0.5) is 4.79 Å². The molecule has 1 N–H and O–H groups in total. The lowest BCUT2D eigenvalue weighted by Crippen LogP contribution is -2.41. The van der Waals surface area contributed by atoms with Crippen molar-refractivity contribution in [2.24, 2.45) is 0 Å². The Hall–Kier alpha value is -2.95. The molecule has 0 saturated heterocycles. The first kappa shape index (κ1) is 16.5.